The molecule has 4 rings (SSSR count). The molecule has 8 nitrogen and oxygen atoms in total. The number of benzene rings is 4. The predicted molar refractivity (Wildman–Crippen MR) is 170 cm³/mol. The van der Waals surface area contributed by atoms with Gasteiger partial charge in [0.2, 0.25) is 11.8 Å². The zero-order chi connectivity index (χ0) is 31.1. The molecule has 228 valence electrons. The number of hydrogen-bond acceptors (Lipinski definition) is 5. The quantitative estimate of drug-likeness (QED) is 0.158. The molecule has 0 bridgehead atoms. The number of rotatable bonds is 14. The largest absolute Gasteiger partial charge is 0.497 e. The molecule has 4 aromatic rings. The molecule has 0 aliphatic rings. The van der Waals surface area contributed by atoms with Crippen molar-refractivity contribution in [3.8, 4) is 5.75 Å². The Morgan fingerprint density at radius 3 is 1.91 bits per heavy atom. The lowest BCUT2D eigenvalue weighted by molar-refractivity contribution is -0.129. The van der Waals surface area contributed by atoms with Gasteiger partial charge in [-0.1, -0.05) is 103 Å². The van der Waals surface area contributed by atoms with E-state index in [9.17, 15) is 14.4 Å². The summed E-state index contributed by atoms with van der Waals surface area (Å²) in [7, 11) is 1.59. The number of carbonyl (C=O) groups excluding carboxylic acids is 3. The molecule has 3 amide bonds. The van der Waals surface area contributed by atoms with Gasteiger partial charge in [-0.2, -0.15) is 0 Å². The fraction of sp³-hybridized carbons (Fsp3) is 0.250. The zero-order valence-corrected chi connectivity index (χ0v) is 25.1. The normalized spacial score (nSPS) is 12.1. The monoisotopic (exact) mass is 593 g/mol. The molecule has 0 heterocycles. The van der Waals surface area contributed by atoms with Gasteiger partial charge >= 0.3 is 6.09 Å². The maximum atomic E-state index is 13.9. The van der Waals surface area contributed by atoms with Crippen molar-refractivity contribution in [3.63, 3.8) is 0 Å². The summed E-state index contributed by atoms with van der Waals surface area (Å²) in [6.45, 7) is 2.32. The van der Waals surface area contributed by atoms with Gasteiger partial charge in [-0.05, 0) is 54.2 Å². The minimum absolute atomic E-state index is 0.163. The first-order valence-corrected chi connectivity index (χ1v) is 14.7. The number of hydrogen-bond donors (Lipinski definition) is 3. The van der Waals surface area contributed by atoms with Crippen LogP contribution in [0, 0.1) is 0 Å². The smallest absolute Gasteiger partial charge is 0.407 e. The maximum absolute atomic E-state index is 13.9. The van der Waals surface area contributed by atoms with Crippen molar-refractivity contribution in [2.45, 2.75) is 44.4 Å². The third kappa shape index (κ3) is 9.46. The Morgan fingerprint density at radius 1 is 0.705 bits per heavy atom. The zero-order valence-electron chi connectivity index (χ0n) is 25.1. The molecule has 0 fully saturated rings. The first kappa shape index (κ1) is 31.8. The number of alkyl carbamates (subject to hydrolysis) is 1. The van der Waals surface area contributed by atoms with E-state index in [4.69, 9.17) is 9.47 Å². The van der Waals surface area contributed by atoms with Crippen LogP contribution in [0.1, 0.15) is 54.0 Å². The summed E-state index contributed by atoms with van der Waals surface area (Å²) in [6.07, 6.45) is 0.199. The molecular weight excluding hydrogens is 554 g/mol. The lowest BCUT2D eigenvalue weighted by Crippen LogP contribution is -2.49. The van der Waals surface area contributed by atoms with Crippen LogP contribution in [-0.4, -0.2) is 37.6 Å². The summed E-state index contributed by atoms with van der Waals surface area (Å²) in [6, 6.07) is 34.7. The van der Waals surface area contributed by atoms with Gasteiger partial charge in [0.1, 0.15) is 18.4 Å². The second-order valence-corrected chi connectivity index (χ2v) is 10.5. The first-order chi connectivity index (χ1) is 21.4. The standard InChI is InChI=1S/C36H39N3O5/c1-26(30-20-12-21-31(24-30)43-2)38-34(40)32(22-13-23-37-36(42)44-25-27-14-6-3-7-15-27)39-35(41)33(28-16-8-4-9-17-28)29-18-10-5-11-19-29/h3-12,14-21,24,26,32-33H,13,22-23,25H2,1-2H3,(H,37,42)(H,38,40)(H,39,41)/t26-,32-/m1/s1. The molecule has 0 aromatic heterocycles. The van der Waals surface area contributed by atoms with Gasteiger partial charge in [0.15, 0.2) is 0 Å². The second kappa shape index (κ2) is 16.5. The number of amides is 3. The minimum atomic E-state index is -0.840. The van der Waals surface area contributed by atoms with Gasteiger partial charge < -0.3 is 25.4 Å². The summed E-state index contributed by atoms with van der Waals surface area (Å²) in [5, 5.41) is 8.78. The Labute approximate surface area is 258 Å². The van der Waals surface area contributed by atoms with Crippen LogP contribution in [0.15, 0.2) is 115 Å². The van der Waals surface area contributed by atoms with Crippen molar-refractivity contribution in [1.29, 1.82) is 0 Å². The first-order valence-electron chi connectivity index (χ1n) is 14.7. The van der Waals surface area contributed by atoms with Gasteiger partial charge in [0, 0.05) is 6.54 Å². The van der Waals surface area contributed by atoms with E-state index < -0.39 is 18.1 Å². The van der Waals surface area contributed by atoms with Crippen LogP contribution in [0.25, 0.3) is 0 Å². The third-order valence-electron chi connectivity index (χ3n) is 7.27. The predicted octanol–water partition coefficient (Wildman–Crippen LogP) is 5.90. The van der Waals surface area contributed by atoms with Crippen LogP contribution in [-0.2, 0) is 20.9 Å². The molecule has 0 radical (unpaired) electrons. The Balaban J connectivity index is 1.44. The van der Waals surface area contributed by atoms with E-state index in [1.807, 2.05) is 122 Å². The highest BCUT2D eigenvalue weighted by atomic mass is 16.5. The highest BCUT2D eigenvalue weighted by Gasteiger charge is 2.28. The SMILES string of the molecule is COc1cccc([C@@H](C)NC(=O)[C@@H](CCCNC(=O)OCc2ccccc2)NC(=O)C(c2ccccc2)c2ccccc2)c1. The van der Waals surface area contributed by atoms with E-state index in [-0.39, 0.29) is 31.0 Å². The lowest BCUT2D eigenvalue weighted by atomic mass is 9.90. The van der Waals surface area contributed by atoms with Crippen molar-refractivity contribution in [2.24, 2.45) is 0 Å². The minimum Gasteiger partial charge on any atom is -0.497 e. The molecule has 2 atom stereocenters. The summed E-state index contributed by atoms with van der Waals surface area (Å²) < 4.78 is 10.6. The summed E-state index contributed by atoms with van der Waals surface area (Å²) in [4.78, 5) is 39.7. The van der Waals surface area contributed by atoms with Crippen LogP contribution in [0.4, 0.5) is 4.79 Å². The van der Waals surface area contributed by atoms with E-state index in [2.05, 4.69) is 16.0 Å². The average Bonchev–Trinajstić information content (AvgIpc) is 3.06. The van der Waals surface area contributed by atoms with Gasteiger partial charge in [0.05, 0.1) is 19.1 Å². The fourth-order valence-corrected chi connectivity index (χ4v) is 4.89. The lowest BCUT2D eigenvalue weighted by Gasteiger charge is -2.25. The van der Waals surface area contributed by atoms with E-state index in [0.29, 0.717) is 18.6 Å². The summed E-state index contributed by atoms with van der Waals surface area (Å²) >= 11 is 0. The van der Waals surface area contributed by atoms with E-state index in [1.54, 1.807) is 7.11 Å². The van der Waals surface area contributed by atoms with Crippen molar-refractivity contribution in [3.05, 3.63) is 138 Å². The molecule has 4 aromatic carbocycles. The number of ether oxygens (including phenoxy) is 2. The molecule has 0 saturated heterocycles. The molecule has 0 aliphatic carbocycles. The van der Waals surface area contributed by atoms with E-state index >= 15 is 0 Å². The van der Waals surface area contributed by atoms with Crippen LogP contribution in [0.2, 0.25) is 0 Å². The van der Waals surface area contributed by atoms with Crippen molar-refractivity contribution < 1.29 is 23.9 Å². The van der Waals surface area contributed by atoms with Crippen molar-refractivity contribution in [2.75, 3.05) is 13.7 Å². The van der Waals surface area contributed by atoms with Gasteiger partial charge in [-0.25, -0.2) is 4.79 Å². The molecule has 0 spiro atoms. The van der Waals surface area contributed by atoms with Crippen LogP contribution in [0.3, 0.4) is 0 Å². The second-order valence-electron chi connectivity index (χ2n) is 10.5. The van der Waals surface area contributed by atoms with Gasteiger partial charge in [-0.15, -0.1) is 0 Å². The number of methoxy groups -OCH3 is 1. The Hall–Kier alpha value is -5.11. The van der Waals surface area contributed by atoms with Gasteiger partial charge in [0.25, 0.3) is 0 Å². The molecule has 0 saturated carbocycles. The number of nitrogens with one attached hydrogen (secondary N) is 3. The molecule has 44 heavy (non-hydrogen) atoms. The van der Waals surface area contributed by atoms with Crippen LogP contribution >= 0.6 is 0 Å². The van der Waals surface area contributed by atoms with E-state index in [0.717, 1.165) is 22.3 Å². The Bertz CT molecular complexity index is 1440. The van der Waals surface area contributed by atoms with Gasteiger partial charge in [-0.3, -0.25) is 9.59 Å². The molecular formula is C36H39N3O5. The number of carbonyl (C=O) groups is 3. The molecule has 0 unspecified atom stereocenters. The highest BCUT2D eigenvalue weighted by molar-refractivity contribution is 5.92. The van der Waals surface area contributed by atoms with Crippen molar-refractivity contribution >= 4 is 17.9 Å². The summed E-state index contributed by atoms with van der Waals surface area (Å²) in [5.41, 5.74) is 3.40. The third-order valence-corrected chi connectivity index (χ3v) is 7.27. The molecule has 3 N–H and O–H groups in total. The fourth-order valence-electron chi connectivity index (χ4n) is 4.89. The Morgan fingerprint density at radius 2 is 1.30 bits per heavy atom. The molecule has 0 aliphatic heterocycles. The topological polar surface area (TPSA) is 106 Å². The summed E-state index contributed by atoms with van der Waals surface area (Å²) in [5.74, 6) is -0.520. The average molecular weight is 594 g/mol. The Kier molecular flexibility index (Phi) is 11.9. The van der Waals surface area contributed by atoms with Crippen LogP contribution in [0.5, 0.6) is 5.75 Å². The highest BCUT2D eigenvalue weighted by Crippen LogP contribution is 2.25. The van der Waals surface area contributed by atoms with Crippen molar-refractivity contribution in [1.82, 2.24) is 16.0 Å². The molecule has 8 heteroatoms. The maximum Gasteiger partial charge on any atom is 0.407 e. The van der Waals surface area contributed by atoms with E-state index in [1.165, 1.54) is 0 Å². The van der Waals surface area contributed by atoms with Crippen LogP contribution < -0.4 is 20.7 Å².